The van der Waals surface area contributed by atoms with Crippen molar-refractivity contribution in [1.29, 1.82) is 0 Å². The Bertz CT molecular complexity index is 725. The summed E-state index contributed by atoms with van der Waals surface area (Å²) in [6.45, 7) is 6.07. The maximum atomic E-state index is 11.2. The Labute approximate surface area is 129 Å². The van der Waals surface area contributed by atoms with E-state index in [0.717, 1.165) is 48.5 Å². The number of aromatic nitrogens is 1. The van der Waals surface area contributed by atoms with Crippen LogP contribution in [0.25, 0.3) is 16.6 Å². The summed E-state index contributed by atoms with van der Waals surface area (Å²) < 4.78 is 0. The topological polar surface area (TPSA) is 59.6 Å². The molecule has 1 aliphatic rings. The number of nitrogens with one attached hydrogen (secondary N) is 1. The largest absolute Gasteiger partial charge is 0.507 e. The Balaban J connectivity index is 2.00. The number of phenols is 1. The fraction of sp³-hybridized carbons (Fsp3) is 0.353. The number of likely N-dealkylation sites (N-methyl/N-ethyl adjacent to an activating group) is 1. The number of fused-ring (bicyclic) bond motifs is 1. The maximum absolute atomic E-state index is 11.2. The molecule has 1 aliphatic heterocycles. The molecule has 22 heavy (non-hydrogen) atoms. The normalized spacial score (nSPS) is 17.2. The number of aromatic hydroxyl groups is 1. The molecule has 2 heterocycles. The van der Waals surface area contributed by atoms with E-state index in [0.29, 0.717) is 11.8 Å². The number of piperazine rings is 1. The lowest BCUT2D eigenvalue weighted by Gasteiger charge is -2.35. The molecule has 116 valence electrons. The van der Waals surface area contributed by atoms with Crippen molar-refractivity contribution in [3.63, 3.8) is 0 Å². The van der Waals surface area contributed by atoms with Crippen molar-refractivity contribution in [2.24, 2.45) is 0 Å². The summed E-state index contributed by atoms with van der Waals surface area (Å²) in [5, 5.41) is 10.6. The second-order valence-corrected chi connectivity index (χ2v) is 5.72. The van der Waals surface area contributed by atoms with Gasteiger partial charge in [0.1, 0.15) is 5.75 Å². The van der Waals surface area contributed by atoms with Crippen LogP contribution in [-0.2, 0) is 0 Å². The van der Waals surface area contributed by atoms with E-state index in [2.05, 4.69) is 27.9 Å². The van der Waals surface area contributed by atoms with Gasteiger partial charge in [0.25, 0.3) is 0 Å². The van der Waals surface area contributed by atoms with Gasteiger partial charge in [-0.2, -0.15) is 0 Å². The molecule has 0 radical (unpaired) electrons. The van der Waals surface area contributed by atoms with Gasteiger partial charge in [-0.15, -0.1) is 0 Å². The molecule has 2 aromatic rings. The molecule has 0 bridgehead atoms. The van der Waals surface area contributed by atoms with Crippen LogP contribution in [-0.4, -0.2) is 59.4 Å². The molecular formula is C17H21N3O2. The summed E-state index contributed by atoms with van der Waals surface area (Å²) in [6, 6.07) is 5.31. The zero-order valence-electron chi connectivity index (χ0n) is 13.0. The van der Waals surface area contributed by atoms with E-state index in [1.807, 2.05) is 13.0 Å². The van der Waals surface area contributed by atoms with Gasteiger partial charge >= 0.3 is 0 Å². The fourth-order valence-corrected chi connectivity index (χ4v) is 3.03. The number of carbonyl (C=O) groups is 1. The summed E-state index contributed by atoms with van der Waals surface area (Å²) in [5.74, 6) is 0.0228. The van der Waals surface area contributed by atoms with E-state index < -0.39 is 0 Å². The van der Waals surface area contributed by atoms with Gasteiger partial charge in [0.05, 0.1) is 17.0 Å². The molecule has 1 saturated heterocycles. The van der Waals surface area contributed by atoms with Crippen molar-refractivity contribution < 1.29 is 9.90 Å². The average Bonchev–Trinajstić information content (AvgIpc) is 2.93. The molecule has 2 N–H and O–H groups in total. The minimum absolute atomic E-state index is 0.0228. The van der Waals surface area contributed by atoms with Gasteiger partial charge in [-0.3, -0.25) is 4.79 Å². The lowest BCUT2D eigenvalue weighted by Crippen LogP contribution is -2.43. The predicted molar refractivity (Wildman–Crippen MR) is 88.1 cm³/mol. The Morgan fingerprint density at radius 1 is 1.27 bits per heavy atom. The van der Waals surface area contributed by atoms with Crippen LogP contribution in [0.4, 0.5) is 0 Å². The Morgan fingerprint density at radius 3 is 2.64 bits per heavy atom. The highest BCUT2D eigenvalue weighted by molar-refractivity contribution is 6.01. The minimum atomic E-state index is 0.0228. The van der Waals surface area contributed by atoms with Crippen molar-refractivity contribution >= 4 is 22.9 Å². The summed E-state index contributed by atoms with van der Waals surface area (Å²) >= 11 is 0. The van der Waals surface area contributed by atoms with Gasteiger partial charge in [-0.25, -0.2) is 0 Å². The molecule has 5 nitrogen and oxygen atoms in total. The van der Waals surface area contributed by atoms with Gasteiger partial charge in [-0.05, 0) is 32.2 Å². The van der Waals surface area contributed by atoms with E-state index in [9.17, 15) is 9.90 Å². The number of aromatic amines is 1. The lowest BCUT2D eigenvalue weighted by atomic mass is 10.1. The number of hydrogen-bond acceptors (Lipinski definition) is 4. The number of carbonyl (C=O) groups excluding carboxylic acids is 1. The van der Waals surface area contributed by atoms with Gasteiger partial charge in [0.2, 0.25) is 0 Å². The summed E-state index contributed by atoms with van der Waals surface area (Å²) in [7, 11) is 2.13. The third-order valence-electron chi connectivity index (χ3n) is 4.33. The first-order chi connectivity index (χ1) is 10.6. The van der Waals surface area contributed by atoms with Crippen molar-refractivity contribution in [2.45, 2.75) is 6.92 Å². The lowest BCUT2D eigenvalue weighted by molar-refractivity contribution is 0.112. The molecule has 1 aromatic carbocycles. The average molecular weight is 299 g/mol. The molecule has 0 saturated carbocycles. The van der Waals surface area contributed by atoms with E-state index in [1.54, 1.807) is 12.1 Å². The summed E-state index contributed by atoms with van der Waals surface area (Å²) in [4.78, 5) is 19.3. The zero-order chi connectivity index (χ0) is 15.7. The van der Waals surface area contributed by atoms with Crippen LogP contribution in [0.1, 0.15) is 23.0 Å². The van der Waals surface area contributed by atoms with Crippen LogP contribution in [0.3, 0.4) is 0 Å². The van der Waals surface area contributed by atoms with Gasteiger partial charge < -0.3 is 19.9 Å². The first-order valence-corrected chi connectivity index (χ1v) is 7.54. The van der Waals surface area contributed by atoms with Crippen LogP contribution in [0, 0.1) is 0 Å². The highest BCUT2D eigenvalue weighted by atomic mass is 16.3. The molecule has 0 aliphatic carbocycles. The van der Waals surface area contributed by atoms with Crippen LogP contribution in [0.15, 0.2) is 24.3 Å². The molecule has 0 unspecified atom stereocenters. The first kappa shape index (κ1) is 14.7. The smallest absolute Gasteiger partial charge is 0.154 e. The molecular weight excluding hydrogens is 278 g/mol. The SMILES string of the molecule is C/C=C(/c1cc2c(C=O)c(O)ccc2[nH]1)N1CCN(C)CC1. The quantitative estimate of drug-likeness (QED) is 0.854. The fourth-order valence-electron chi connectivity index (χ4n) is 3.03. The number of rotatable bonds is 3. The molecule has 0 amide bonds. The van der Waals surface area contributed by atoms with Crippen LogP contribution in [0.5, 0.6) is 5.75 Å². The molecule has 5 heteroatoms. The van der Waals surface area contributed by atoms with Crippen LogP contribution < -0.4 is 0 Å². The van der Waals surface area contributed by atoms with E-state index in [-0.39, 0.29) is 5.75 Å². The number of hydrogen-bond donors (Lipinski definition) is 2. The summed E-state index contributed by atoms with van der Waals surface area (Å²) in [5.41, 5.74) is 3.33. The van der Waals surface area contributed by atoms with Crippen LogP contribution in [0.2, 0.25) is 0 Å². The Kier molecular flexibility index (Phi) is 3.90. The van der Waals surface area contributed by atoms with Gasteiger partial charge in [0.15, 0.2) is 6.29 Å². The molecule has 0 atom stereocenters. The minimum Gasteiger partial charge on any atom is -0.507 e. The van der Waals surface area contributed by atoms with E-state index in [1.165, 1.54) is 0 Å². The third kappa shape index (κ3) is 2.48. The summed E-state index contributed by atoms with van der Waals surface area (Å²) in [6.07, 6.45) is 2.80. The highest BCUT2D eigenvalue weighted by Crippen LogP contribution is 2.30. The second-order valence-electron chi connectivity index (χ2n) is 5.72. The second kappa shape index (κ2) is 5.85. The Morgan fingerprint density at radius 2 is 2.00 bits per heavy atom. The first-order valence-electron chi connectivity index (χ1n) is 7.54. The van der Waals surface area contributed by atoms with Gasteiger partial charge in [0, 0.05) is 37.1 Å². The van der Waals surface area contributed by atoms with Crippen molar-refractivity contribution in [3.8, 4) is 5.75 Å². The zero-order valence-corrected chi connectivity index (χ0v) is 13.0. The van der Waals surface area contributed by atoms with Crippen molar-refractivity contribution in [2.75, 3.05) is 33.2 Å². The molecule has 3 rings (SSSR count). The van der Waals surface area contributed by atoms with Gasteiger partial charge in [-0.1, -0.05) is 6.08 Å². The number of benzene rings is 1. The van der Waals surface area contributed by atoms with E-state index >= 15 is 0 Å². The van der Waals surface area contributed by atoms with E-state index in [4.69, 9.17) is 0 Å². The number of aldehydes is 1. The Hall–Kier alpha value is -2.27. The molecule has 0 spiro atoms. The number of phenolic OH excluding ortho intramolecular Hbond substituents is 1. The maximum Gasteiger partial charge on any atom is 0.154 e. The molecule has 1 aromatic heterocycles. The monoisotopic (exact) mass is 299 g/mol. The molecule has 1 fully saturated rings. The number of nitrogens with zero attached hydrogens (tertiary/aromatic N) is 2. The highest BCUT2D eigenvalue weighted by Gasteiger charge is 2.19. The standard InChI is InChI=1S/C17H21N3O2/c1-3-16(20-8-6-19(2)7-9-20)15-10-12-13(11-21)17(22)5-4-14(12)18-15/h3-5,10-11,18,22H,6-9H2,1-2H3/b16-3-. The van der Waals surface area contributed by atoms with Crippen molar-refractivity contribution in [3.05, 3.63) is 35.5 Å². The predicted octanol–water partition coefficient (Wildman–Crippen LogP) is 2.29. The third-order valence-corrected chi connectivity index (χ3v) is 4.33. The number of allylic oxidation sites excluding steroid dienone is 1. The number of H-pyrrole nitrogens is 1. The van der Waals surface area contributed by atoms with Crippen molar-refractivity contribution in [1.82, 2.24) is 14.8 Å². The van der Waals surface area contributed by atoms with Crippen LogP contribution >= 0.6 is 0 Å².